The van der Waals surface area contributed by atoms with Gasteiger partial charge in [0, 0.05) is 58.0 Å². The molecular weight excluding hydrogens is 683 g/mol. The SMILES string of the molecule is c1ccc2c(c1)-c1cccc3cccc(c13)N2c1cc(-c2nc(-c3ccc4c(c3)sc3ccccc34)c3sc4ccccc4c3n2)c2ccccc2c1. The molecule has 0 saturated carbocycles. The van der Waals surface area contributed by atoms with E-state index in [1.54, 1.807) is 11.3 Å². The van der Waals surface area contributed by atoms with Crippen LogP contribution in [-0.4, -0.2) is 9.97 Å². The van der Waals surface area contributed by atoms with Crippen molar-refractivity contribution in [3.8, 4) is 33.8 Å². The van der Waals surface area contributed by atoms with Crippen LogP contribution in [0.4, 0.5) is 17.1 Å². The summed E-state index contributed by atoms with van der Waals surface area (Å²) in [4.78, 5) is 13.4. The van der Waals surface area contributed by atoms with Gasteiger partial charge in [0.1, 0.15) is 0 Å². The summed E-state index contributed by atoms with van der Waals surface area (Å²) < 4.78 is 4.90. The van der Waals surface area contributed by atoms with Crippen molar-refractivity contribution in [3.63, 3.8) is 0 Å². The van der Waals surface area contributed by atoms with Gasteiger partial charge in [-0.05, 0) is 64.2 Å². The van der Waals surface area contributed by atoms with Crippen molar-refractivity contribution in [2.75, 3.05) is 4.90 Å². The molecule has 5 heteroatoms. The number of rotatable bonds is 3. The smallest absolute Gasteiger partial charge is 0.161 e. The van der Waals surface area contributed by atoms with Crippen LogP contribution in [0.2, 0.25) is 0 Å². The third kappa shape index (κ3) is 4.26. The van der Waals surface area contributed by atoms with E-state index in [0.29, 0.717) is 0 Å². The van der Waals surface area contributed by atoms with Crippen molar-refractivity contribution in [2.45, 2.75) is 0 Å². The average Bonchev–Trinajstić information content (AvgIpc) is 3.78. The molecule has 8 aromatic carbocycles. The Bertz CT molecular complexity index is 3310. The van der Waals surface area contributed by atoms with Gasteiger partial charge in [-0.15, -0.1) is 22.7 Å². The summed E-state index contributed by atoms with van der Waals surface area (Å²) in [5.74, 6) is 0.731. The molecule has 1 aliphatic heterocycles. The van der Waals surface area contributed by atoms with Gasteiger partial charge in [-0.3, -0.25) is 0 Å². The lowest BCUT2D eigenvalue weighted by molar-refractivity contribution is 1.24. The van der Waals surface area contributed by atoms with Gasteiger partial charge in [0.2, 0.25) is 0 Å². The highest BCUT2D eigenvalue weighted by atomic mass is 32.1. The molecule has 0 N–H and O–H groups in total. The lowest BCUT2D eigenvalue weighted by Crippen LogP contribution is -2.15. The zero-order valence-corrected chi connectivity index (χ0v) is 29.9. The Labute approximate surface area is 312 Å². The van der Waals surface area contributed by atoms with Crippen LogP contribution in [0.1, 0.15) is 0 Å². The number of anilines is 3. The Hall–Kier alpha value is -6.40. The molecule has 3 aromatic heterocycles. The fourth-order valence-corrected chi connectivity index (χ4v) is 10.7. The van der Waals surface area contributed by atoms with E-state index in [1.807, 2.05) is 11.3 Å². The molecule has 4 heterocycles. The maximum atomic E-state index is 5.54. The van der Waals surface area contributed by atoms with Gasteiger partial charge in [0.05, 0.1) is 27.3 Å². The van der Waals surface area contributed by atoms with Crippen molar-refractivity contribution in [1.82, 2.24) is 9.97 Å². The highest BCUT2D eigenvalue weighted by Gasteiger charge is 2.27. The lowest BCUT2D eigenvalue weighted by atomic mass is 9.90. The first kappa shape index (κ1) is 29.2. The van der Waals surface area contributed by atoms with E-state index in [1.165, 1.54) is 52.5 Å². The van der Waals surface area contributed by atoms with Gasteiger partial charge >= 0.3 is 0 Å². The largest absolute Gasteiger partial charge is 0.309 e. The van der Waals surface area contributed by atoms with Gasteiger partial charge in [0.15, 0.2) is 5.82 Å². The Morgan fingerprint density at radius 1 is 0.434 bits per heavy atom. The van der Waals surface area contributed by atoms with E-state index in [0.717, 1.165) is 60.4 Å². The molecular formula is C48H27N3S2. The second kappa shape index (κ2) is 11.1. The molecule has 0 radical (unpaired) electrons. The van der Waals surface area contributed by atoms with Gasteiger partial charge in [0.25, 0.3) is 0 Å². The zero-order chi connectivity index (χ0) is 34.6. The molecule has 0 amide bonds. The molecule has 0 bridgehead atoms. The van der Waals surface area contributed by atoms with E-state index >= 15 is 0 Å². The summed E-state index contributed by atoms with van der Waals surface area (Å²) in [6.45, 7) is 0. The quantitative estimate of drug-likeness (QED) is 0.183. The second-order valence-corrected chi connectivity index (χ2v) is 15.9. The molecule has 12 rings (SSSR count). The fourth-order valence-electron chi connectivity index (χ4n) is 8.43. The van der Waals surface area contributed by atoms with Gasteiger partial charge < -0.3 is 4.90 Å². The third-order valence-corrected chi connectivity index (χ3v) is 13.1. The summed E-state index contributed by atoms with van der Waals surface area (Å²) in [7, 11) is 0. The number of thiophene rings is 2. The molecule has 3 nitrogen and oxygen atoms in total. The van der Waals surface area contributed by atoms with Crippen LogP contribution in [0.3, 0.4) is 0 Å². The minimum Gasteiger partial charge on any atom is -0.309 e. The number of aromatic nitrogens is 2. The van der Waals surface area contributed by atoms with E-state index in [-0.39, 0.29) is 0 Å². The first-order chi connectivity index (χ1) is 26.3. The minimum atomic E-state index is 0.731. The maximum Gasteiger partial charge on any atom is 0.161 e. The van der Waals surface area contributed by atoms with Crippen LogP contribution in [0.25, 0.3) is 95.8 Å². The highest BCUT2D eigenvalue weighted by molar-refractivity contribution is 7.26. The van der Waals surface area contributed by atoms with Crippen molar-refractivity contribution in [2.24, 2.45) is 0 Å². The van der Waals surface area contributed by atoms with Crippen LogP contribution in [0, 0.1) is 0 Å². The van der Waals surface area contributed by atoms with E-state index in [2.05, 4.69) is 169 Å². The van der Waals surface area contributed by atoms with Crippen LogP contribution in [0.15, 0.2) is 164 Å². The van der Waals surface area contributed by atoms with E-state index < -0.39 is 0 Å². The third-order valence-electron chi connectivity index (χ3n) is 10.8. The maximum absolute atomic E-state index is 5.54. The number of nitrogens with zero attached hydrogens (tertiary/aromatic N) is 3. The molecule has 11 aromatic rings. The van der Waals surface area contributed by atoms with Crippen LogP contribution >= 0.6 is 22.7 Å². The molecule has 0 spiro atoms. The summed E-state index contributed by atoms with van der Waals surface area (Å²) in [5.41, 5.74) is 10.0. The van der Waals surface area contributed by atoms with Gasteiger partial charge in [-0.1, -0.05) is 121 Å². The van der Waals surface area contributed by atoms with E-state index in [4.69, 9.17) is 9.97 Å². The molecule has 53 heavy (non-hydrogen) atoms. The first-order valence-corrected chi connectivity index (χ1v) is 19.5. The number of hydrogen-bond acceptors (Lipinski definition) is 5. The predicted molar refractivity (Wildman–Crippen MR) is 227 cm³/mol. The molecule has 0 unspecified atom stereocenters. The Morgan fingerprint density at radius 3 is 2.02 bits per heavy atom. The summed E-state index contributed by atoms with van der Waals surface area (Å²) in [6.07, 6.45) is 0. The van der Waals surface area contributed by atoms with Gasteiger partial charge in [-0.2, -0.15) is 0 Å². The number of benzene rings is 8. The van der Waals surface area contributed by atoms with Crippen LogP contribution in [0.5, 0.6) is 0 Å². The lowest BCUT2D eigenvalue weighted by Gasteiger charge is -2.34. The highest BCUT2D eigenvalue weighted by Crippen LogP contribution is 2.52. The van der Waals surface area contributed by atoms with Crippen molar-refractivity contribution < 1.29 is 0 Å². The summed E-state index contributed by atoms with van der Waals surface area (Å²) in [6, 6.07) is 59.4. The number of para-hydroxylation sites is 1. The van der Waals surface area contributed by atoms with Crippen LogP contribution in [-0.2, 0) is 0 Å². The number of fused-ring (bicyclic) bond motifs is 9. The zero-order valence-electron chi connectivity index (χ0n) is 28.2. The summed E-state index contributed by atoms with van der Waals surface area (Å²) in [5, 5.41) is 8.53. The second-order valence-electron chi connectivity index (χ2n) is 13.7. The fraction of sp³-hybridized carbons (Fsp3) is 0. The van der Waals surface area contributed by atoms with Crippen molar-refractivity contribution in [3.05, 3.63) is 164 Å². The Morgan fingerprint density at radius 2 is 1.11 bits per heavy atom. The average molecular weight is 710 g/mol. The molecule has 0 fully saturated rings. The normalized spacial score (nSPS) is 12.5. The first-order valence-electron chi connectivity index (χ1n) is 17.8. The molecule has 1 aliphatic rings. The molecule has 0 atom stereocenters. The molecule has 246 valence electrons. The van der Waals surface area contributed by atoms with E-state index in [9.17, 15) is 0 Å². The van der Waals surface area contributed by atoms with Crippen LogP contribution < -0.4 is 4.90 Å². The summed E-state index contributed by atoms with van der Waals surface area (Å²) >= 11 is 3.62. The standard InChI is InChI=1S/C48H27N3S2/c1-2-14-32-29(11-1)25-31(51-39-19-6-3-15-33(39)36-18-9-12-28-13-10-20-40(51)44(28)36)27-38(32)48-49-45(47-46(50-48)37-17-5-8-22-42(37)53-47)30-23-24-35-34-16-4-7-21-41(34)52-43(35)26-30/h1-27H. The topological polar surface area (TPSA) is 29.0 Å². The Kier molecular flexibility index (Phi) is 6.09. The monoisotopic (exact) mass is 709 g/mol. The minimum absolute atomic E-state index is 0.731. The van der Waals surface area contributed by atoms with Crippen molar-refractivity contribution in [1.29, 1.82) is 0 Å². The van der Waals surface area contributed by atoms with Crippen molar-refractivity contribution >= 4 is 102 Å². The van der Waals surface area contributed by atoms with Gasteiger partial charge in [-0.25, -0.2) is 9.97 Å². The molecule has 0 aliphatic carbocycles. The number of hydrogen-bond donors (Lipinski definition) is 0. The Balaban J connectivity index is 1.14. The molecule has 0 saturated heterocycles. The predicted octanol–water partition coefficient (Wildman–Crippen LogP) is 14.3.